The smallest absolute Gasteiger partial charge is 0.258 e. The fraction of sp³-hybridized carbons (Fsp3) is 0.469. The van der Waals surface area contributed by atoms with Crippen LogP contribution in [0.1, 0.15) is 28.8 Å². The third kappa shape index (κ3) is 8.21. The standard InChI is InChI=1S/C32H38FN5O6S/c1-41-28-4-2-21-3-5-30(39)34-16-22-12-23(33)15-24(13-22)44-27-6-7-37(19-26(27)36-31(40)20-43-29(28)14-21)18-25-17-35-32(45-25)38-8-10-42-11-9-38/h2,4,12-15,17,26-27H,3,5-11,16,18-20H2,1H3,(H,34,39)(H,36,40)/t26-,27-/m1/s1. The molecule has 2 amide bonds. The van der Waals surface area contributed by atoms with E-state index in [1.54, 1.807) is 29.5 Å². The molecule has 0 spiro atoms. The Hall–Kier alpha value is -3.94. The lowest BCUT2D eigenvalue weighted by Gasteiger charge is -2.38. The molecule has 2 fully saturated rings. The van der Waals surface area contributed by atoms with Crippen molar-refractivity contribution < 1.29 is 32.9 Å². The van der Waals surface area contributed by atoms with Crippen LogP contribution in [0.25, 0.3) is 0 Å². The highest BCUT2D eigenvalue weighted by molar-refractivity contribution is 7.15. The van der Waals surface area contributed by atoms with Crippen LogP contribution >= 0.6 is 11.3 Å². The van der Waals surface area contributed by atoms with Crippen molar-refractivity contribution in [1.82, 2.24) is 20.5 Å². The maximum Gasteiger partial charge on any atom is 0.258 e. The Kier molecular flexibility index (Phi) is 9.97. The molecule has 2 aromatic carbocycles. The van der Waals surface area contributed by atoms with Crippen LogP contribution in [0.3, 0.4) is 0 Å². The summed E-state index contributed by atoms with van der Waals surface area (Å²) in [6, 6.07) is 9.49. The topological polar surface area (TPSA) is 114 Å². The molecule has 240 valence electrons. The van der Waals surface area contributed by atoms with Gasteiger partial charge in [-0.1, -0.05) is 6.07 Å². The van der Waals surface area contributed by atoms with Gasteiger partial charge in [-0.25, -0.2) is 9.37 Å². The average Bonchev–Trinajstić information content (AvgIpc) is 3.51. The van der Waals surface area contributed by atoms with E-state index in [2.05, 4.69) is 25.4 Å². The summed E-state index contributed by atoms with van der Waals surface area (Å²) in [6.45, 7) is 4.94. The number of anilines is 1. The van der Waals surface area contributed by atoms with Crippen LogP contribution < -0.4 is 29.7 Å². The number of methoxy groups -OCH3 is 1. The molecule has 3 aliphatic rings. The number of aromatic nitrogens is 1. The van der Waals surface area contributed by atoms with Crippen molar-refractivity contribution in [1.29, 1.82) is 0 Å². The summed E-state index contributed by atoms with van der Waals surface area (Å²) in [7, 11) is 1.54. The highest BCUT2D eigenvalue weighted by Crippen LogP contribution is 2.30. The van der Waals surface area contributed by atoms with Crippen LogP contribution in [0.5, 0.6) is 17.2 Å². The summed E-state index contributed by atoms with van der Waals surface area (Å²) in [6.07, 6.45) is 2.82. The molecule has 45 heavy (non-hydrogen) atoms. The van der Waals surface area contributed by atoms with Gasteiger partial charge in [0.15, 0.2) is 23.2 Å². The van der Waals surface area contributed by atoms with Crippen LogP contribution in [0.4, 0.5) is 9.52 Å². The first kappa shape index (κ1) is 31.1. The SMILES string of the molecule is COc1ccc2cc1OCC(=O)N[C@@H]1CN(Cc3cnc(N4CCOCC4)s3)CC[C@H]1Oc1cc(F)cc(c1)CNC(=O)CC2. The predicted octanol–water partition coefficient (Wildman–Crippen LogP) is 2.91. The van der Waals surface area contributed by atoms with Gasteiger partial charge in [0.1, 0.15) is 17.7 Å². The van der Waals surface area contributed by atoms with Crippen molar-refractivity contribution in [3.05, 3.63) is 64.4 Å². The quantitative estimate of drug-likeness (QED) is 0.445. The number of fused-ring (bicyclic) bond motifs is 5. The molecule has 2 saturated heterocycles. The van der Waals surface area contributed by atoms with E-state index in [-0.39, 0.29) is 37.4 Å². The van der Waals surface area contributed by atoms with Gasteiger partial charge in [-0.15, -0.1) is 11.3 Å². The third-order valence-corrected chi connectivity index (χ3v) is 9.16. The zero-order valence-corrected chi connectivity index (χ0v) is 26.1. The minimum absolute atomic E-state index is 0.161. The molecular formula is C32H38FN5O6S. The highest BCUT2D eigenvalue weighted by Gasteiger charge is 2.33. The van der Waals surface area contributed by atoms with E-state index in [0.717, 1.165) is 35.2 Å². The normalized spacial score (nSPS) is 21.7. The number of hydrogen-bond acceptors (Lipinski definition) is 10. The number of aryl methyl sites for hydroxylation is 1. The van der Waals surface area contributed by atoms with Crippen LogP contribution in [0.15, 0.2) is 42.6 Å². The second-order valence-corrected chi connectivity index (χ2v) is 12.5. The number of piperidine rings is 1. The number of ether oxygens (including phenoxy) is 4. The van der Waals surface area contributed by atoms with Gasteiger partial charge in [0, 0.05) is 62.8 Å². The first-order valence-corrected chi connectivity index (χ1v) is 16.0. The first-order valence-electron chi connectivity index (χ1n) is 15.2. The zero-order chi connectivity index (χ0) is 31.2. The molecule has 0 radical (unpaired) electrons. The monoisotopic (exact) mass is 639 g/mol. The van der Waals surface area contributed by atoms with Crippen LogP contribution in [-0.4, -0.2) is 87.0 Å². The van der Waals surface area contributed by atoms with E-state index in [1.807, 2.05) is 12.3 Å². The minimum atomic E-state index is -0.454. The van der Waals surface area contributed by atoms with E-state index in [1.165, 1.54) is 19.2 Å². The van der Waals surface area contributed by atoms with Gasteiger partial charge in [-0.2, -0.15) is 0 Å². The number of amides is 2. The molecule has 11 nitrogen and oxygen atoms in total. The number of nitrogens with zero attached hydrogens (tertiary/aromatic N) is 3. The zero-order valence-electron chi connectivity index (χ0n) is 25.3. The summed E-state index contributed by atoms with van der Waals surface area (Å²) in [5.74, 6) is 0.353. The largest absolute Gasteiger partial charge is 0.493 e. The Morgan fingerprint density at radius 1 is 1.07 bits per heavy atom. The van der Waals surface area contributed by atoms with Gasteiger partial charge in [0.25, 0.3) is 5.91 Å². The molecule has 2 atom stereocenters. The number of carbonyl (C=O) groups is 2. The number of morpholine rings is 1. The molecule has 2 N–H and O–H groups in total. The van der Waals surface area contributed by atoms with Gasteiger partial charge < -0.3 is 34.5 Å². The molecule has 4 bridgehead atoms. The highest BCUT2D eigenvalue weighted by atomic mass is 32.1. The maximum absolute atomic E-state index is 14.6. The Balaban J connectivity index is 1.20. The van der Waals surface area contributed by atoms with Crippen molar-refractivity contribution in [2.24, 2.45) is 0 Å². The van der Waals surface area contributed by atoms with Crippen molar-refractivity contribution in [3.63, 3.8) is 0 Å². The van der Waals surface area contributed by atoms with Gasteiger partial charge in [-0.3, -0.25) is 14.5 Å². The first-order chi connectivity index (χ1) is 21.9. The number of benzene rings is 2. The van der Waals surface area contributed by atoms with Crippen molar-refractivity contribution in [2.45, 2.75) is 44.5 Å². The summed E-state index contributed by atoms with van der Waals surface area (Å²) < 4.78 is 37.8. The second kappa shape index (κ2) is 14.4. The summed E-state index contributed by atoms with van der Waals surface area (Å²) in [4.78, 5) is 36.1. The predicted molar refractivity (Wildman–Crippen MR) is 166 cm³/mol. The summed E-state index contributed by atoms with van der Waals surface area (Å²) >= 11 is 1.67. The summed E-state index contributed by atoms with van der Waals surface area (Å²) in [5, 5.41) is 6.98. The molecule has 4 heterocycles. The van der Waals surface area contributed by atoms with Crippen LogP contribution in [0, 0.1) is 5.82 Å². The van der Waals surface area contributed by atoms with E-state index in [4.69, 9.17) is 18.9 Å². The minimum Gasteiger partial charge on any atom is -0.493 e. The Bertz CT molecular complexity index is 1500. The van der Waals surface area contributed by atoms with Crippen LogP contribution in [0.2, 0.25) is 0 Å². The fourth-order valence-corrected chi connectivity index (χ4v) is 6.81. The lowest BCUT2D eigenvalue weighted by Crippen LogP contribution is -2.57. The maximum atomic E-state index is 14.6. The van der Waals surface area contributed by atoms with Crippen LogP contribution in [-0.2, 0) is 33.8 Å². The molecule has 1 aromatic heterocycles. The van der Waals surface area contributed by atoms with Gasteiger partial charge >= 0.3 is 0 Å². The van der Waals surface area contributed by atoms with Gasteiger partial charge in [0.2, 0.25) is 5.91 Å². The molecular weight excluding hydrogens is 601 g/mol. The Labute approximate surface area is 265 Å². The number of thiazole rings is 1. The molecule has 3 aromatic rings. The molecule has 0 aliphatic carbocycles. The molecule has 0 unspecified atom stereocenters. The van der Waals surface area contributed by atoms with Crippen molar-refractivity contribution in [3.8, 4) is 17.2 Å². The average molecular weight is 640 g/mol. The molecule has 3 aliphatic heterocycles. The summed E-state index contributed by atoms with van der Waals surface area (Å²) in [5.41, 5.74) is 1.46. The van der Waals surface area contributed by atoms with E-state index in [0.29, 0.717) is 62.0 Å². The van der Waals surface area contributed by atoms with Crippen molar-refractivity contribution >= 4 is 28.3 Å². The van der Waals surface area contributed by atoms with Gasteiger partial charge in [0.05, 0.1) is 26.4 Å². The Morgan fingerprint density at radius 3 is 2.78 bits per heavy atom. The number of nitrogens with one attached hydrogen (secondary N) is 2. The number of carbonyl (C=O) groups excluding carboxylic acids is 2. The van der Waals surface area contributed by atoms with Crippen molar-refractivity contribution in [2.75, 3.05) is 58.0 Å². The third-order valence-electron chi connectivity index (χ3n) is 8.12. The lowest BCUT2D eigenvalue weighted by molar-refractivity contribution is -0.125. The number of likely N-dealkylation sites (tertiary alicyclic amines) is 1. The number of halogens is 1. The lowest BCUT2D eigenvalue weighted by atomic mass is 10.0. The number of hydrogen-bond donors (Lipinski definition) is 2. The Morgan fingerprint density at radius 2 is 1.93 bits per heavy atom. The second-order valence-electron chi connectivity index (χ2n) is 11.4. The fourth-order valence-electron chi connectivity index (χ4n) is 5.81. The molecule has 0 saturated carbocycles. The van der Waals surface area contributed by atoms with E-state index < -0.39 is 11.9 Å². The van der Waals surface area contributed by atoms with E-state index in [9.17, 15) is 14.0 Å². The molecule has 6 rings (SSSR count). The van der Waals surface area contributed by atoms with E-state index >= 15 is 0 Å². The molecule has 13 heteroatoms. The number of rotatable bonds is 4. The van der Waals surface area contributed by atoms with Gasteiger partial charge in [-0.05, 0) is 48.2 Å².